The minimum atomic E-state index is 0.381. The number of hydrogen-bond acceptors (Lipinski definition) is 3. The molecule has 0 radical (unpaired) electrons. The zero-order valence-electron chi connectivity index (χ0n) is 13.7. The molecule has 0 saturated heterocycles. The molecule has 0 amide bonds. The third-order valence-corrected chi connectivity index (χ3v) is 4.14. The summed E-state index contributed by atoms with van der Waals surface area (Å²) < 4.78 is 5.49. The maximum absolute atomic E-state index is 5.49. The quantitative estimate of drug-likeness (QED) is 0.688. The zero-order valence-corrected chi connectivity index (χ0v) is 13.7. The highest BCUT2D eigenvalue weighted by molar-refractivity contribution is 5.35. The molecule has 0 heterocycles. The van der Waals surface area contributed by atoms with E-state index in [0.717, 1.165) is 38.5 Å². The van der Waals surface area contributed by atoms with Gasteiger partial charge in [0.25, 0.3) is 0 Å². The second-order valence-electron chi connectivity index (χ2n) is 5.07. The molecule has 0 aromatic heterocycles. The molecule has 0 saturated carbocycles. The smallest absolute Gasteiger partial charge is 0.123 e. The van der Waals surface area contributed by atoms with E-state index in [1.165, 1.54) is 5.56 Å². The van der Waals surface area contributed by atoms with E-state index >= 15 is 0 Å². The van der Waals surface area contributed by atoms with Crippen LogP contribution < -0.4 is 4.74 Å². The summed E-state index contributed by atoms with van der Waals surface area (Å²) in [5.74, 6) is 0.987. The van der Waals surface area contributed by atoms with Gasteiger partial charge in [-0.1, -0.05) is 39.0 Å². The fraction of sp³-hybridized carbons (Fsp3) is 0.647. The van der Waals surface area contributed by atoms with Crippen LogP contribution in [0.15, 0.2) is 24.3 Å². The summed E-state index contributed by atoms with van der Waals surface area (Å²) in [5, 5.41) is 0. The molecule has 3 heteroatoms. The van der Waals surface area contributed by atoms with E-state index in [1.807, 2.05) is 12.1 Å². The van der Waals surface area contributed by atoms with Gasteiger partial charge in [-0.2, -0.15) is 0 Å². The number of para-hydroxylation sites is 1. The molecule has 0 spiro atoms. The van der Waals surface area contributed by atoms with E-state index in [2.05, 4.69) is 49.6 Å². The van der Waals surface area contributed by atoms with Crippen molar-refractivity contribution < 1.29 is 4.74 Å². The van der Waals surface area contributed by atoms with E-state index in [4.69, 9.17) is 4.74 Å². The van der Waals surface area contributed by atoms with E-state index in [-0.39, 0.29) is 0 Å². The molecule has 0 N–H and O–H groups in total. The van der Waals surface area contributed by atoms with E-state index in [9.17, 15) is 0 Å². The summed E-state index contributed by atoms with van der Waals surface area (Å²) in [5.41, 5.74) is 1.27. The van der Waals surface area contributed by atoms with E-state index in [0.29, 0.717) is 6.04 Å². The van der Waals surface area contributed by atoms with Crippen LogP contribution in [0.4, 0.5) is 0 Å². The Hall–Kier alpha value is -1.06. The first-order valence-electron chi connectivity index (χ1n) is 7.77. The molecule has 20 heavy (non-hydrogen) atoms. The van der Waals surface area contributed by atoms with Crippen molar-refractivity contribution in [1.82, 2.24) is 9.80 Å². The minimum absolute atomic E-state index is 0.381. The number of ether oxygens (including phenoxy) is 1. The van der Waals surface area contributed by atoms with Crippen LogP contribution in [0.3, 0.4) is 0 Å². The standard InChI is InChI=1S/C17H30N2O/c1-6-18(7-2)13-14-19(8-3)15(4)16-11-9-10-12-17(16)20-5/h9-12,15H,6-8,13-14H2,1-5H3/t15-/m0/s1. The molecule has 0 aliphatic heterocycles. The van der Waals surface area contributed by atoms with Crippen molar-refractivity contribution in [2.45, 2.75) is 33.7 Å². The van der Waals surface area contributed by atoms with Gasteiger partial charge in [0.05, 0.1) is 7.11 Å². The van der Waals surface area contributed by atoms with Crippen LogP contribution in [-0.2, 0) is 0 Å². The number of methoxy groups -OCH3 is 1. The normalized spacial score (nSPS) is 12.9. The predicted molar refractivity (Wildman–Crippen MR) is 86.4 cm³/mol. The molecular formula is C17H30N2O. The molecule has 1 atom stereocenters. The monoisotopic (exact) mass is 278 g/mol. The lowest BCUT2D eigenvalue weighted by Crippen LogP contribution is -2.36. The average molecular weight is 278 g/mol. The highest BCUT2D eigenvalue weighted by atomic mass is 16.5. The maximum atomic E-state index is 5.49. The lowest BCUT2D eigenvalue weighted by Gasteiger charge is -2.31. The Bertz CT molecular complexity index is 377. The summed E-state index contributed by atoms with van der Waals surface area (Å²) in [6, 6.07) is 8.72. The summed E-state index contributed by atoms with van der Waals surface area (Å²) >= 11 is 0. The van der Waals surface area contributed by atoms with E-state index in [1.54, 1.807) is 7.11 Å². The molecule has 1 rings (SSSR count). The van der Waals surface area contributed by atoms with Crippen LogP contribution in [0.1, 0.15) is 39.3 Å². The van der Waals surface area contributed by atoms with Crippen molar-refractivity contribution in [2.75, 3.05) is 39.8 Å². The number of benzene rings is 1. The number of likely N-dealkylation sites (N-methyl/N-ethyl adjacent to an activating group) is 2. The van der Waals surface area contributed by atoms with Crippen molar-refractivity contribution in [1.29, 1.82) is 0 Å². The van der Waals surface area contributed by atoms with Gasteiger partial charge in [0.1, 0.15) is 5.75 Å². The lowest BCUT2D eigenvalue weighted by molar-refractivity contribution is 0.179. The SMILES string of the molecule is CCN(CC)CCN(CC)[C@@H](C)c1ccccc1OC. The van der Waals surface area contributed by atoms with Crippen molar-refractivity contribution in [2.24, 2.45) is 0 Å². The Morgan fingerprint density at radius 1 is 1.00 bits per heavy atom. The Morgan fingerprint density at radius 2 is 1.65 bits per heavy atom. The molecule has 114 valence electrons. The largest absolute Gasteiger partial charge is 0.496 e. The molecule has 0 fully saturated rings. The predicted octanol–water partition coefficient (Wildman–Crippen LogP) is 3.42. The Balaban J connectivity index is 2.73. The molecule has 0 unspecified atom stereocenters. The third-order valence-electron chi connectivity index (χ3n) is 4.14. The molecule has 1 aromatic rings. The summed E-state index contributed by atoms with van der Waals surface area (Å²) in [6.45, 7) is 14.5. The molecule has 0 aliphatic rings. The van der Waals surface area contributed by atoms with Gasteiger partial charge in [0.2, 0.25) is 0 Å². The van der Waals surface area contributed by atoms with Crippen LogP contribution in [0.5, 0.6) is 5.75 Å². The number of nitrogens with zero attached hydrogens (tertiary/aromatic N) is 2. The lowest BCUT2D eigenvalue weighted by atomic mass is 10.1. The van der Waals surface area contributed by atoms with Crippen LogP contribution in [0.2, 0.25) is 0 Å². The second-order valence-corrected chi connectivity index (χ2v) is 5.07. The summed E-state index contributed by atoms with van der Waals surface area (Å²) in [7, 11) is 1.75. The Labute approximate surface area is 124 Å². The molecule has 0 aliphatic carbocycles. The third kappa shape index (κ3) is 4.50. The summed E-state index contributed by atoms with van der Waals surface area (Å²) in [6.07, 6.45) is 0. The van der Waals surface area contributed by atoms with Crippen molar-refractivity contribution >= 4 is 0 Å². The van der Waals surface area contributed by atoms with Gasteiger partial charge in [-0.05, 0) is 32.6 Å². The summed E-state index contributed by atoms with van der Waals surface area (Å²) in [4.78, 5) is 4.98. The molecular weight excluding hydrogens is 248 g/mol. The van der Waals surface area contributed by atoms with Crippen molar-refractivity contribution in [3.8, 4) is 5.75 Å². The van der Waals surface area contributed by atoms with Crippen molar-refractivity contribution in [3.05, 3.63) is 29.8 Å². The van der Waals surface area contributed by atoms with Crippen LogP contribution >= 0.6 is 0 Å². The highest BCUT2D eigenvalue weighted by Gasteiger charge is 2.17. The first-order valence-corrected chi connectivity index (χ1v) is 7.77. The fourth-order valence-electron chi connectivity index (χ4n) is 2.64. The van der Waals surface area contributed by atoms with Crippen LogP contribution in [0.25, 0.3) is 0 Å². The van der Waals surface area contributed by atoms with Gasteiger partial charge in [-0.25, -0.2) is 0 Å². The average Bonchev–Trinajstić information content (AvgIpc) is 2.51. The van der Waals surface area contributed by atoms with Gasteiger partial charge < -0.3 is 9.64 Å². The number of rotatable bonds is 9. The Morgan fingerprint density at radius 3 is 2.20 bits per heavy atom. The topological polar surface area (TPSA) is 15.7 Å². The van der Waals surface area contributed by atoms with E-state index < -0.39 is 0 Å². The minimum Gasteiger partial charge on any atom is -0.496 e. The maximum Gasteiger partial charge on any atom is 0.123 e. The highest BCUT2D eigenvalue weighted by Crippen LogP contribution is 2.28. The molecule has 0 bridgehead atoms. The van der Waals surface area contributed by atoms with Gasteiger partial charge in [0.15, 0.2) is 0 Å². The molecule has 3 nitrogen and oxygen atoms in total. The Kier molecular flexibility index (Phi) is 7.63. The fourth-order valence-corrected chi connectivity index (χ4v) is 2.64. The van der Waals surface area contributed by atoms with Crippen LogP contribution in [-0.4, -0.2) is 49.6 Å². The molecule has 1 aromatic carbocycles. The second kappa shape index (κ2) is 8.98. The first kappa shape index (κ1) is 17.0. The van der Waals surface area contributed by atoms with Gasteiger partial charge >= 0.3 is 0 Å². The first-order chi connectivity index (χ1) is 9.67. The van der Waals surface area contributed by atoms with Gasteiger partial charge in [0, 0.05) is 24.7 Å². The van der Waals surface area contributed by atoms with Gasteiger partial charge in [-0.15, -0.1) is 0 Å². The van der Waals surface area contributed by atoms with Crippen LogP contribution in [0, 0.1) is 0 Å². The van der Waals surface area contributed by atoms with Crippen molar-refractivity contribution in [3.63, 3.8) is 0 Å². The number of hydrogen-bond donors (Lipinski definition) is 0. The zero-order chi connectivity index (χ0) is 15.0. The van der Waals surface area contributed by atoms with Gasteiger partial charge in [-0.3, -0.25) is 4.90 Å².